The summed E-state index contributed by atoms with van der Waals surface area (Å²) in [6.45, 7) is 0.531. The summed E-state index contributed by atoms with van der Waals surface area (Å²) < 4.78 is 19.5. The van der Waals surface area contributed by atoms with E-state index in [0.717, 1.165) is 11.3 Å². The molecule has 0 radical (unpaired) electrons. The number of halogens is 2. The normalized spacial score (nSPS) is 11.4. The van der Waals surface area contributed by atoms with Crippen molar-refractivity contribution in [3.8, 4) is 0 Å². The van der Waals surface area contributed by atoms with Gasteiger partial charge in [0.1, 0.15) is 16.9 Å². The molecule has 5 aromatic heterocycles. The fourth-order valence-electron chi connectivity index (χ4n) is 3.28. The van der Waals surface area contributed by atoms with Crippen molar-refractivity contribution >= 4 is 28.7 Å². The molecule has 0 unspecified atom stereocenters. The molecule has 10 heteroatoms. The molecule has 0 bridgehead atoms. The number of hydrogen-bond acceptors (Lipinski definition) is 4. The van der Waals surface area contributed by atoms with Gasteiger partial charge >= 0.3 is 0 Å². The van der Waals surface area contributed by atoms with E-state index in [2.05, 4.69) is 20.3 Å². The van der Waals surface area contributed by atoms with Crippen LogP contribution in [0.1, 0.15) is 21.9 Å². The lowest BCUT2D eigenvalue weighted by atomic mass is 10.3. The molecule has 8 nitrogen and oxygen atoms in total. The highest BCUT2D eigenvalue weighted by molar-refractivity contribution is 6.31. The van der Waals surface area contributed by atoms with E-state index in [1.165, 1.54) is 16.8 Å². The first-order chi connectivity index (χ1) is 14.6. The number of aromatic nitrogens is 6. The van der Waals surface area contributed by atoms with E-state index in [9.17, 15) is 9.18 Å². The summed E-state index contributed by atoms with van der Waals surface area (Å²) in [6, 6.07) is 7.23. The summed E-state index contributed by atoms with van der Waals surface area (Å²) in [5, 5.41) is 2.72. The number of pyridine rings is 2. The van der Waals surface area contributed by atoms with Gasteiger partial charge in [0.15, 0.2) is 5.82 Å². The largest absolute Gasteiger partial charge is 0.345 e. The number of carbonyl (C=O) groups excluding carboxylic acids is 1. The molecule has 5 rings (SSSR count). The number of carbonyl (C=O) groups is 1. The highest BCUT2D eigenvalue weighted by Gasteiger charge is 2.15. The van der Waals surface area contributed by atoms with E-state index >= 15 is 0 Å². The molecule has 5 heterocycles. The Hall–Kier alpha value is -3.72. The maximum atomic E-state index is 14.3. The molecule has 5 aromatic rings. The Kier molecular flexibility index (Phi) is 4.44. The SMILES string of the molecule is O=C(NCc1ncn2ccc(Cl)c(F)c12)c1cn(Cc2cn3ccccc3n2)cn1. The minimum Gasteiger partial charge on any atom is -0.345 e. The van der Waals surface area contributed by atoms with Crippen molar-refractivity contribution in [2.24, 2.45) is 0 Å². The average Bonchev–Trinajstić information content (AvgIpc) is 3.47. The van der Waals surface area contributed by atoms with Gasteiger partial charge in [-0.05, 0) is 18.2 Å². The van der Waals surface area contributed by atoms with Gasteiger partial charge in [0.25, 0.3) is 5.91 Å². The van der Waals surface area contributed by atoms with Crippen LogP contribution in [0, 0.1) is 5.82 Å². The van der Waals surface area contributed by atoms with Gasteiger partial charge in [-0.1, -0.05) is 17.7 Å². The van der Waals surface area contributed by atoms with Crippen LogP contribution in [0.4, 0.5) is 4.39 Å². The first-order valence-electron chi connectivity index (χ1n) is 9.10. The minimum atomic E-state index is -0.572. The topological polar surface area (TPSA) is 81.5 Å². The molecule has 0 saturated heterocycles. The zero-order valence-electron chi connectivity index (χ0n) is 15.5. The van der Waals surface area contributed by atoms with Crippen LogP contribution in [0.2, 0.25) is 5.02 Å². The number of amides is 1. The number of rotatable bonds is 5. The van der Waals surface area contributed by atoms with Gasteiger partial charge in [0.05, 0.1) is 42.2 Å². The second-order valence-electron chi connectivity index (χ2n) is 6.74. The summed E-state index contributed by atoms with van der Waals surface area (Å²) >= 11 is 5.85. The molecule has 0 spiro atoms. The third kappa shape index (κ3) is 3.29. The highest BCUT2D eigenvalue weighted by atomic mass is 35.5. The van der Waals surface area contributed by atoms with E-state index in [1.54, 1.807) is 23.3 Å². The van der Waals surface area contributed by atoms with Gasteiger partial charge in [-0.15, -0.1) is 0 Å². The van der Waals surface area contributed by atoms with Crippen LogP contribution in [0.5, 0.6) is 0 Å². The van der Waals surface area contributed by atoms with E-state index in [4.69, 9.17) is 11.6 Å². The lowest BCUT2D eigenvalue weighted by Crippen LogP contribution is -2.23. The summed E-state index contributed by atoms with van der Waals surface area (Å²) in [5.74, 6) is -0.954. The molecule has 1 amide bonds. The second kappa shape index (κ2) is 7.27. The maximum absolute atomic E-state index is 14.3. The molecule has 0 saturated carbocycles. The summed E-state index contributed by atoms with van der Waals surface area (Å²) in [4.78, 5) is 25.3. The van der Waals surface area contributed by atoms with E-state index in [1.807, 2.05) is 35.0 Å². The van der Waals surface area contributed by atoms with Crippen molar-refractivity contribution in [3.63, 3.8) is 0 Å². The minimum absolute atomic E-state index is 0.00117. The quantitative estimate of drug-likeness (QED) is 0.471. The molecule has 0 atom stereocenters. The van der Waals surface area contributed by atoms with Crippen LogP contribution >= 0.6 is 11.6 Å². The number of imidazole rings is 3. The van der Waals surface area contributed by atoms with Crippen LogP contribution in [0.25, 0.3) is 11.2 Å². The van der Waals surface area contributed by atoms with Gasteiger partial charge in [0.2, 0.25) is 0 Å². The van der Waals surface area contributed by atoms with Crippen molar-refractivity contribution in [2.45, 2.75) is 13.1 Å². The van der Waals surface area contributed by atoms with Crippen LogP contribution in [0.15, 0.2) is 61.7 Å². The summed E-state index contributed by atoms with van der Waals surface area (Å²) in [6.07, 6.45) is 10.2. The van der Waals surface area contributed by atoms with Crippen molar-refractivity contribution in [2.75, 3.05) is 0 Å². The fourth-order valence-corrected chi connectivity index (χ4v) is 3.43. The van der Waals surface area contributed by atoms with Crippen molar-refractivity contribution < 1.29 is 9.18 Å². The number of hydrogen-bond donors (Lipinski definition) is 1. The predicted octanol–water partition coefficient (Wildman–Crippen LogP) is 2.95. The summed E-state index contributed by atoms with van der Waals surface area (Å²) in [5.41, 5.74) is 2.57. The molecule has 0 aliphatic carbocycles. The third-order valence-electron chi connectivity index (χ3n) is 4.71. The Balaban J connectivity index is 1.28. The number of fused-ring (bicyclic) bond motifs is 2. The van der Waals surface area contributed by atoms with E-state index in [0.29, 0.717) is 12.2 Å². The fraction of sp³-hybridized carbons (Fsp3) is 0.100. The molecule has 0 aliphatic rings. The zero-order chi connectivity index (χ0) is 20.7. The molecule has 0 fully saturated rings. The lowest BCUT2D eigenvalue weighted by molar-refractivity contribution is 0.0946. The Morgan fingerprint density at radius 2 is 2.00 bits per heavy atom. The molecule has 1 N–H and O–H groups in total. The van der Waals surface area contributed by atoms with Gasteiger partial charge in [-0.2, -0.15) is 0 Å². The van der Waals surface area contributed by atoms with E-state index in [-0.39, 0.29) is 28.7 Å². The van der Waals surface area contributed by atoms with Crippen LogP contribution in [0.3, 0.4) is 0 Å². The van der Waals surface area contributed by atoms with Crippen LogP contribution < -0.4 is 5.32 Å². The molecule has 0 aromatic carbocycles. The van der Waals surface area contributed by atoms with Gasteiger partial charge in [-0.25, -0.2) is 19.3 Å². The first-order valence-corrected chi connectivity index (χ1v) is 9.48. The Bertz CT molecular complexity index is 1350. The van der Waals surface area contributed by atoms with Crippen molar-refractivity contribution in [1.29, 1.82) is 0 Å². The third-order valence-corrected chi connectivity index (χ3v) is 5.00. The molecular weight excluding hydrogens is 409 g/mol. The first kappa shape index (κ1) is 18.3. The van der Waals surface area contributed by atoms with Crippen LogP contribution in [-0.4, -0.2) is 34.2 Å². The summed E-state index contributed by atoms with van der Waals surface area (Å²) in [7, 11) is 0. The predicted molar refractivity (Wildman–Crippen MR) is 108 cm³/mol. The molecule has 0 aliphatic heterocycles. The molecule has 30 heavy (non-hydrogen) atoms. The lowest BCUT2D eigenvalue weighted by Gasteiger charge is -2.03. The Labute approximate surface area is 174 Å². The molecule has 150 valence electrons. The van der Waals surface area contributed by atoms with Gasteiger partial charge in [-0.3, -0.25) is 4.79 Å². The number of nitrogens with zero attached hydrogens (tertiary/aromatic N) is 6. The highest BCUT2D eigenvalue weighted by Crippen LogP contribution is 2.21. The van der Waals surface area contributed by atoms with Crippen molar-refractivity contribution in [3.05, 3.63) is 89.6 Å². The Morgan fingerprint density at radius 1 is 1.10 bits per heavy atom. The van der Waals surface area contributed by atoms with Gasteiger partial charge < -0.3 is 18.7 Å². The Morgan fingerprint density at radius 3 is 2.87 bits per heavy atom. The maximum Gasteiger partial charge on any atom is 0.271 e. The zero-order valence-corrected chi connectivity index (χ0v) is 16.3. The second-order valence-corrected chi connectivity index (χ2v) is 7.14. The molecular formula is C20H15ClFN7O. The van der Waals surface area contributed by atoms with Crippen molar-refractivity contribution in [1.82, 2.24) is 33.6 Å². The van der Waals surface area contributed by atoms with E-state index < -0.39 is 5.82 Å². The monoisotopic (exact) mass is 423 g/mol. The van der Waals surface area contributed by atoms with Crippen LogP contribution in [-0.2, 0) is 13.1 Å². The standard InChI is InChI=1S/C20H15ClFN7O/c21-14-4-6-29-12-25-15(19(29)18(14)22)7-23-20(30)16-10-27(11-24-16)8-13-9-28-5-2-1-3-17(28)26-13/h1-6,9-12H,7-8H2,(H,23,30). The van der Waals surface area contributed by atoms with Gasteiger partial charge in [0, 0.05) is 24.8 Å². The number of nitrogens with one attached hydrogen (secondary N) is 1. The smallest absolute Gasteiger partial charge is 0.271 e. The average molecular weight is 424 g/mol.